The van der Waals surface area contributed by atoms with Crippen LogP contribution >= 0.6 is 0 Å². The van der Waals surface area contributed by atoms with Gasteiger partial charge in [-0.3, -0.25) is 0 Å². The molecule has 0 amide bonds. The summed E-state index contributed by atoms with van der Waals surface area (Å²) in [5.41, 5.74) is 7.51. The number of nitrogens with two attached hydrogens (primary N) is 1. The topological polar surface area (TPSA) is 83.4 Å². The van der Waals surface area contributed by atoms with Crippen molar-refractivity contribution >= 4 is 11.0 Å². The zero-order valence-electron chi connectivity index (χ0n) is 11.7. The second-order valence-corrected chi connectivity index (χ2v) is 4.47. The fourth-order valence-corrected chi connectivity index (χ4v) is 2.12. The quantitative estimate of drug-likeness (QED) is 0.791. The summed E-state index contributed by atoms with van der Waals surface area (Å²) in [5.74, 6) is 1.30. The van der Waals surface area contributed by atoms with Gasteiger partial charge in [0.2, 0.25) is 11.8 Å². The first kappa shape index (κ1) is 13.4. The maximum Gasteiger partial charge on any atom is 0.240 e. The molecule has 0 saturated heterocycles. The molecule has 0 radical (unpaired) electrons. The molecule has 0 aliphatic carbocycles. The first-order chi connectivity index (χ1) is 10.2. The van der Waals surface area contributed by atoms with Crippen LogP contribution in [0.2, 0.25) is 0 Å². The van der Waals surface area contributed by atoms with Gasteiger partial charge < -0.3 is 19.6 Å². The summed E-state index contributed by atoms with van der Waals surface area (Å²) in [5, 5.41) is 0.989. The molecule has 2 aromatic heterocycles. The summed E-state index contributed by atoms with van der Waals surface area (Å²) in [6.45, 7) is 0. The highest BCUT2D eigenvalue weighted by molar-refractivity contribution is 5.77. The van der Waals surface area contributed by atoms with Gasteiger partial charge >= 0.3 is 0 Å². The SMILES string of the molecule is COc1cnc(C(N)c2cc3ccccc3o2)c(OC)n1. The number of methoxy groups -OCH3 is 2. The number of hydrogen-bond acceptors (Lipinski definition) is 6. The monoisotopic (exact) mass is 285 g/mol. The molecule has 2 N–H and O–H groups in total. The van der Waals surface area contributed by atoms with Crippen LogP contribution in [0.25, 0.3) is 11.0 Å². The van der Waals surface area contributed by atoms with E-state index in [9.17, 15) is 0 Å². The summed E-state index contributed by atoms with van der Waals surface area (Å²) in [6.07, 6.45) is 1.50. The van der Waals surface area contributed by atoms with Crippen LogP contribution in [0.1, 0.15) is 17.5 Å². The Morgan fingerprint density at radius 2 is 2.00 bits per heavy atom. The van der Waals surface area contributed by atoms with Gasteiger partial charge in [-0.25, -0.2) is 4.98 Å². The van der Waals surface area contributed by atoms with E-state index in [0.29, 0.717) is 23.2 Å². The van der Waals surface area contributed by atoms with Gasteiger partial charge in [-0.1, -0.05) is 18.2 Å². The normalized spacial score (nSPS) is 12.3. The summed E-state index contributed by atoms with van der Waals surface area (Å²) < 4.78 is 16.0. The molecule has 3 rings (SSSR count). The maximum absolute atomic E-state index is 6.23. The smallest absolute Gasteiger partial charge is 0.240 e. The fourth-order valence-electron chi connectivity index (χ4n) is 2.12. The molecule has 6 nitrogen and oxygen atoms in total. The number of nitrogens with zero attached hydrogens (tertiary/aromatic N) is 2. The van der Waals surface area contributed by atoms with Gasteiger partial charge in [0.1, 0.15) is 23.1 Å². The van der Waals surface area contributed by atoms with Crippen LogP contribution in [0.15, 0.2) is 40.9 Å². The highest BCUT2D eigenvalue weighted by Crippen LogP contribution is 2.30. The molecule has 2 heterocycles. The van der Waals surface area contributed by atoms with Gasteiger partial charge in [-0.15, -0.1) is 0 Å². The summed E-state index contributed by atoms with van der Waals surface area (Å²) in [4.78, 5) is 8.45. The zero-order chi connectivity index (χ0) is 14.8. The van der Waals surface area contributed by atoms with Gasteiger partial charge in [0.15, 0.2) is 0 Å². The van der Waals surface area contributed by atoms with E-state index in [1.165, 1.54) is 20.4 Å². The van der Waals surface area contributed by atoms with Crippen LogP contribution in [0.4, 0.5) is 0 Å². The standard InChI is InChI=1S/C15H15N3O3/c1-19-12-8-17-14(15(18-12)20-2)13(16)11-7-9-5-3-4-6-10(9)21-11/h3-8,13H,16H2,1-2H3. The van der Waals surface area contributed by atoms with Crippen molar-refractivity contribution in [2.45, 2.75) is 6.04 Å². The van der Waals surface area contributed by atoms with E-state index in [4.69, 9.17) is 19.6 Å². The molecule has 1 unspecified atom stereocenters. The van der Waals surface area contributed by atoms with E-state index in [1.807, 2.05) is 30.3 Å². The zero-order valence-corrected chi connectivity index (χ0v) is 11.7. The lowest BCUT2D eigenvalue weighted by molar-refractivity contribution is 0.353. The maximum atomic E-state index is 6.23. The predicted octanol–water partition coefficient (Wildman–Crippen LogP) is 2.29. The molecule has 0 spiro atoms. The van der Waals surface area contributed by atoms with E-state index >= 15 is 0 Å². The molecule has 1 atom stereocenters. The number of rotatable bonds is 4. The van der Waals surface area contributed by atoms with Crippen molar-refractivity contribution in [3.05, 3.63) is 48.0 Å². The van der Waals surface area contributed by atoms with Crippen LogP contribution in [-0.2, 0) is 0 Å². The number of fused-ring (bicyclic) bond motifs is 1. The van der Waals surface area contributed by atoms with Crippen LogP contribution in [-0.4, -0.2) is 24.2 Å². The fraction of sp³-hybridized carbons (Fsp3) is 0.200. The summed E-state index contributed by atoms with van der Waals surface area (Å²) >= 11 is 0. The Morgan fingerprint density at radius 3 is 2.71 bits per heavy atom. The second-order valence-electron chi connectivity index (χ2n) is 4.47. The molecule has 108 valence electrons. The highest BCUT2D eigenvalue weighted by Gasteiger charge is 2.21. The largest absolute Gasteiger partial charge is 0.480 e. The summed E-state index contributed by atoms with van der Waals surface area (Å²) in [7, 11) is 3.03. The number of furan rings is 1. The van der Waals surface area contributed by atoms with E-state index in [2.05, 4.69) is 9.97 Å². The van der Waals surface area contributed by atoms with Crippen LogP contribution in [0.5, 0.6) is 11.8 Å². The van der Waals surface area contributed by atoms with Gasteiger partial charge in [-0.2, -0.15) is 4.98 Å². The van der Waals surface area contributed by atoms with E-state index in [1.54, 1.807) is 0 Å². The Morgan fingerprint density at radius 1 is 1.19 bits per heavy atom. The molecule has 21 heavy (non-hydrogen) atoms. The molecule has 6 heteroatoms. The van der Waals surface area contributed by atoms with E-state index < -0.39 is 6.04 Å². The van der Waals surface area contributed by atoms with Crippen molar-refractivity contribution in [1.29, 1.82) is 0 Å². The third-order valence-electron chi connectivity index (χ3n) is 3.19. The minimum Gasteiger partial charge on any atom is -0.480 e. The lowest BCUT2D eigenvalue weighted by Gasteiger charge is -2.12. The van der Waals surface area contributed by atoms with Crippen molar-refractivity contribution in [3.8, 4) is 11.8 Å². The number of benzene rings is 1. The lowest BCUT2D eigenvalue weighted by Crippen LogP contribution is -2.15. The van der Waals surface area contributed by atoms with Gasteiger partial charge in [0.25, 0.3) is 0 Å². The van der Waals surface area contributed by atoms with E-state index in [0.717, 1.165) is 11.0 Å². The minimum atomic E-state index is -0.564. The number of para-hydroxylation sites is 1. The molecular formula is C15H15N3O3. The number of aromatic nitrogens is 2. The molecule has 3 aromatic rings. The van der Waals surface area contributed by atoms with Gasteiger partial charge in [0.05, 0.1) is 20.4 Å². The van der Waals surface area contributed by atoms with Crippen LogP contribution < -0.4 is 15.2 Å². The Hall–Kier alpha value is -2.60. The number of hydrogen-bond donors (Lipinski definition) is 1. The average molecular weight is 285 g/mol. The molecular weight excluding hydrogens is 270 g/mol. The molecule has 0 fully saturated rings. The number of ether oxygens (including phenoxy) is 2. The van der Waals surface area contributed by atoms with Crippen molar-refractivity contribution in [2.75, 3.05) is 14.2 Å². The average Bonchev–Trinajstić information content (AvgIpc) is 2.97. The second kappa shape index (κ2) is 5.41. The summed E-state index contributed by atoms with van der Waals surface area (Å²) in [6, 6.07) is 9.04. The third-order valence-corrected chi connectivity index (χ3v) is 3.19. The van der Waals surface area contributed by atoms with Crippen molar-refractivity contribution in [1.82, 2.24) is 9.97 Å². The van der Waals surface area contributed by atoms with Crippen LogP contribution in [0.3, 0.4) is 0 Å². The third kappa shape index (κ3) is 2.41. The Kier molecular flexibility index (Phi) is 3.45. The molecule has 0 aliphatic heterocycles. The Balaban J connectivity index is 2.02. The Labute approximate surface area is 121 Å². The molecule has 0 bridgehead atoms. The predicted molar refractivity (Wildman–Crippen MR) is 77.4 cm³/mol. The highest BCUT2D eigenvalue weighted by atomic mass is 16.5. The van der Waals surface area contributed by atoms with Crippen molar-refractivity contribution in [3.63, 3.8) is 0 Å². The minimum absolute atomic E-state index is 0.322. The van der Waals surface area contributed by atoms with Crippen molar-refractivity contribution < 1.29 is 13.9 Å². The van der Waals surface area contributed by atoms with Gasteiger partial charge in [0, 0.05) is 5.39 Å². The van der Waals surface area contributed by atoms with E-state index in [-0.39, 0.29) is 0 Å². The Bertz CT molecular complexity index is 737. The van der Waals surface area contributed by atoms with Crippen molar-refractivity contribution in [2.24, 2.45) is 5.73 Å². The van der Waals surface area contributed by atoms with Crippen LogP contribution in [0, 0.1) is 0 Å². The van der Waals surface area contributed by atoms with Gasteiger partial charge in [-0.05, 0) is 12.1 Å². The lowest BCUT2D eigenvalue weighted by atomic mass is 10.1. The molecule has 0 aliphatic rings. The molecule has 1 aromatic carbocycles. The first-order valence-electron chi connectivity index (χ1n) is 6.42. The molecule has 0 saturated carbocycles. The first-order valence-corrected chi connectivity index (χ1v) is 6.42.